The second kappa shape index (κ2) is 16.3. The number of carbonyl (C=O) groups is 3. The second-order valence-corrected chi connectivity index (χ2v) is 15.7. The number of carbonyl (C=O) groups excluding carboxylic acids is 3. The number of allylic oxidation sites excluding steroid dienone is 1. The molecule has 0 radical (unpaired) electrons. The summed E-state index contributed by atoms with van der Waals surface area (Å²) in [6.07, 6.45) is 11.4. The first-order valence-electron chi connectivity index (χ1n) is 19.7. The van der Waals surface area contributed by atoms with Crippen LogP contribution in [0.1, 0.15) is 92.8 Å². The normalized spacial score (nSPS) is 21.7. The van der Waals surface area contributed by atoms with Gasteiger partial charge in [-0.05, 0) is 83.7 Å². The first-order chi connectivity index (χ1) is 26.5. The van der Waals surface area contributed by atoms with Crippen molar-refractivity contribution < 1.29 is 14.4 Å². The monoisotopic (exact) mass is 749 g/mol. The number of para-hydroxylation sites is 1. The highest BCUT2D eigenvalue weighted by Crippen LogP contribution is 2.49. The zero-order chi connectivity index (χ0) is 38.8. The van der Waals surface area contributed by atoms with Gasteiger partial charge in [0, 0.05) is 61.9 Å². The van der Waals surface area contributed by atoms with Gasteiger partial charge in [-0.15, -0.1) is 0 Å². The van der Waals surface area contributed by atoms with Crippen LogP contribution < -0.4 is 32.3 Å². The molecule has 8 rings (SSSR count). The quantitative estimate of drug-likeness (QED) is 0.103. The molecule has 3 aliphatic heterocycles. The van der Waals surface area contributed by atoms with Crippen molar-refractivity contribution in [2.75, 3.05) is 43.9 Å². The molecule has 55 heavy (non-hydrogen) atoms. The molecule has 292 valence electrons. The van der Waals surface area contributed by atoms with Gasteiger partial charge in [0.05, 0.1) is 46.7 Å². The molecule has 2 unspecified atom stereocenters. The molecule has 2 atom stereocenters. The standard InChI is InChI=1S/C35H42N10O3.C6H13N/c1-3-29-33-26(15-38-45(33)24-17-44(18-24)16-22-6-4-7-23(19-46)39-22)25-8-5-9-27(32(25)43(29)2)41-28(31(37)35(48)40-21-12-13-21)14-30(36)42-34(47)20-10-11-20;1-6-4-3-5-7(6)2/h4-9,14-15,19-21,24,29,41H,3,10-13,16-18,36-37H2,1-2H3,(H,40,48)(H,42,47);6H,3-5H2,1-2H3/b30-14+,31-28+;. The number of nitrogens with one attached hydrogen (secondary N) is 3. The van der Waals surface area contributed by atoms with Crippen molar-refractivity contribution in [1.29, 1.82) is 0 Å². The zero-order valence-electron chi connectivity index (χ0n) is 32.4. The summed E-state index contributed by atoms with van der Waals surface area (Å²) in [5, 5.41) is 14.0. The van der Waals surface area contributed by atoms with Crippen LogP contribution in [-0.4, -0.2) is 88.5 Å². The second-order valence-electron chi connectivity index (χ2n) is 15.7. The Balaban J connectivity index is 0.000000599. The maximum atomic E-state index is 13.1. The van der Waals surface area contributed by atoms with Gasteiger partial charge in [-0.2, -0.15) is 5.10 Å². The van der Waals surface area contributed by atoms with Gasteiger partial charge < -0.3 is 37.2 Å². The molecular weight excluding hydrogens is 695 g/mol. The lowest BCUT2D eigenvalue weighted by atomic mass is 9.91. The molecule has 7 N–H and O–H groups in total. The van der Waals surface area contributed by atoms with Gasteiger partial charge in [-0.3, -0.25) is 24.0 Å². The van der Waals surface area contributed by atoms with Crippen molar-refractivity contribution in [1.82, 2.24) is 35.2 Å². The highest BCUT2D eigenvalue weighted by molar-refractivity contribution is 5.96. The summed E-state index contributed by atoms with van der Waals surface area (Å²) in [5.41, 5.74) is 19.3. The topological polar surface area (TPSA) is 180 Å². The van der Waals surface area contributed by atoms with Crippen LogP contribution in [0.15, 0.2) is 65.9 Å². The van der Waals surface area contributed by atoms with E-state index in [0.717, 1.165) is 85.7 Å². The maximum Gasteiger partial charge on any atom is 0.269 e. The lowest BCUT2D eigenvalue weighted by Gasteiger charge is -2.43. The van der Waals surface area contributed by atoms with E-state index < -0.39 is 0 Å². The van der Waals surface area contributed by atoms with Crippen molar-refractivity contribution in [2.45, 2.75) is 89.5 Å². The molecule has 2 saturated carbocycles. The molecule has 14 nitrogen and oxygen atoms in total. The number of hydrogen-bond donors (Lipinski definition) is 5. The third-order valence-electron chi connectivity index (χ3n) is 11.4. The van der Waals surface area contributed by atoms with Crippen molar-refractivity contribution in [3.63, 3.8) is 0 Å². The largest absolute Gasteiger partial charge is 0.393 e. The van der Waals surface area contributed by atoms with Gasteiger partial charge in [0.25, 0.3) is 5.91 Å². The Morgan fingerprint density at radius 2 is 1.76 bits per heavy atom. The Bertz CT molecular complexity index is 1970. The number of likely N-dealkylation sites (tertiary alicyclic amines) is 2. The molecule has 5 aliphatic rings. The summed E-state index contributed by atoms with van der Waals surface area (Å²) < 4.78 is 2.17. The number of amides is 2. The maximum absolute atomic E-state index is 13.1. The molecule has 2 saturated heterocycles. The van der Waals surface area contributed by atoms with Gasteiger partial charge in [-0.1, -0.05) is 25.1 Å². The summed E-state index contributed by atoms with van der Waals surface area (Å²) in [4.78, 5) is 48.1. The van der Waals surface area contributed by atoms with E-state index in [1.165, 1.54) is 31.2 Å². The summed E-state index contributed by atoms with van der Waals surface area (Å²) >= 11 is 0. The average Bonchev–Trinajstić information content (AvgIpc) is 4.10. The highest BCUT2D eigenvalue weighted by atomic mass is 16.2. The number of nitrogens with two attached hydrogens (primary N) is 2. The van der Waals surface area contributed by atoms with E-state index in [4.69, 9.17) is 16.6 Å². The Morgan fingerprint density at radius 3 is 2.40 bits per heavy atom. The molecule has 1 aromatic carbocycles. The molecule has 0 spiro atoms. The molecule has 0 bridgehead atoms. The van der Waals surface area contributed by atoms with Gasteiger partial charge in [0.15, 0.2) is 6.29 Å². The number of benzene rings is 1. The highest BCUT2D eigenvalue weighted by Gasteiger charge is 2.38. The Labute approximate surface area is 323 Å². The zero-order valence-corrected chi connectivity index (χ0v) is 32.4. The van der Waals surface area contributed by atoms with Crippen LogP contribution in [0.2, 0.25) is 0 Å². The first-order valence-corrected chi connectivity index (χ1v) is 19.7. The van der Waals surface area contributed by atoms with Crippen molar-refractivity contribution in [2.24, 2.45) is 17.4 Å². The predicted molar refractivity (Wildman–Crippen MR) is 214 cm³/mol. The summed E-state index contributed by atoms with van der Waals surface area (Å²) in [6, 6.07) is 12.8. The Morgan fingerprint density at radius 1 is 1.00 bits per heavy atom. The third kappa shape index (κ3) is 8.55. The predicted octanol–water partition coefficient (Wildman–Crippen LogP) is 4.00. The van der Waals surface area contributed by atoms with E-state index in [0.29, 0.717) is 17.9 Å². The number of hydrogen-bond acceptors (Lipinski definition) is 11. The first kappa shape index (κ1) is 38.1. The number of pyridine rings is 1. The minimum atomic E-state index is -0.382. The van der Waals surface area contributed by atoms with Crippen LogP contribution in [0.4, 0.5) is 11.4 Å². The molecule has 14 heteroatoms. The molecular formula is C41H55N11O3. The smallest absolute Gasteiger partial charge is 0.269 e. The molecule has 4 fully saturated rings. The van der Waals surface area contributed by atoms with E-state index >= 15 is 0 Å². The van der Waals surface area contributed by atoms with Crippen LogP contribution in [0.3, 0.4) is 0 Å². The number of fused-ring (bicyclic) bond motifs is 3. The third-order valence-corrected chi connectivity index (χ3v) is 11.4. The lowest BCUT2D eigenvalue weighted by molar-refractivity contribution is -0.121. The average molecular weight is 750 g/mol. The van der Waals surface area contributed by atoms with Gasteiger partial charge in [0.2, 0.25) is 5.91 Å². The fourth-order valence-electron chi connectivity index (χ4n) is 7.76. The fourth-order valence-corrected chi connectivity index (χ4v) is 7.76. The van der Waals surface area contributed by atoms with Crippen molar-refractivity contribution >= 4 is 29.5 Å². The summed E-state index contributed by atoms with van der Waals surface area (Å²) in [6.45, 7) is 8.10. The van der Waals surface area contributed by atoms with E-state index in [2.05, 4.69) is 74.3 Å². The molecule has 2 aromatic heterocycles. The van der Waals surface area contributed by atoms with E-state index in [1.807, 2.05) is 30.5 Å². The lowest BCUT2D eigenvalue weighted by Crippen LogP contribution is -2.48. The van der Waals surface area contributed by atoms with Gasteiger partial charge in [-0.25, -0.2) is 4.98 Å². The Hall–Kier alpha value is -5.21. The van der Waals surface area contributed by atoms with Gasteiger partial charge >= 0.3 is 0 Å². The van der Waals surface area contributed by atoms with Crippen LogP contribution >= 0.6 is 0 Å². The van der Waals surface area contributed by atoms with Crippen molar-refractivity contribution in [3.8, 4) is 11.1 Å². The van der Waals surface area contributed by atoms with Crippen LogP contribution in [-0.2, 0) is 16.1 Å². The number of aromatic nitrogens is 3. The summed E-state index contributed by atoms with van der Waals surface area (Å²) in [7, 11) is 4.27. The van der Waals surface area contributed by atoms with Gasteiger partial charge in [0.1, 0.15) is 17.2 Å². The fraction of sp³-hybridized carbons (Fsp3) is 0.488. The minimum Gasteiger partial charge on any atom is -0.393 e. The number of rotatable bonds is 12. The van der Waals surface area contributed by atoms with E-state index in [1.54, 1.807) is 6.07 Å². The molecule has 3 aromatic rings. The van der Waals surface area contributed by atoms with Crippen LogP contribution in [0, 0.1) is 5.92 Å². The molecule has 2 amide bonds. The van der Waals surface area contributed by atoms with Crippen LogP contribution in [0.5, 0.6) is 0 Å². The van der Waals surface area contributed by atoms with Crippen molar-refractivity contribution in [3.05, 3.63) is 83.0 Å². The minimum absolute atomic E-state index is 0.00948. The summed E-state index contributed by atoms with van der Waals surface area (Å²) in [5.74, 6) is -0.419. The van der Waals surface area contributed by atoms with E-state index in [9.17, 15) is 14.4 Å². The number of anilines is 2. The molecule has 2 aliphatic carbocycles. The Kier molecular flexibility index (Phi) is 11.3. The number of aldehydes is 1. The van der Waals surface area contributed by atoms with E-state index in [-0.39, 0.29) is 47.4 Å². The SMILES string of the molecule is CC1CCCN1C.CCC1c2c(cnn2C2CN(Cc3cccc(C=O)n3)C2)-c2cccc(NC(/C=C(\N)NC(=O)C3CC3)=C(/N)C(=O)NC3CC3)c2N1C. The van der Waals surface area contributed by atoms with Crippen LogP contribution in [0.25, 0.3) is 11.1 Å². The molecule has 5 heterocycles. The number of nitrogens with zero attached hydrogens (tertiary/aromatic N) is 6.